The average molecular weight is 291 g/mol. The average Bonchev–Trinajstić information content (AvgIpc) is 2.57. The van der Waals surface area contributed by atoms with Crippen LogP contribution in [0, 0.1) is 6.92 Å². The molecule has 110 valence electrons. The molecule has 1 aromatic carbocycles. The Hall–Kier alpha value is -2.95. The maximum Gasteiger partial charge on any atom is 0.130 e. The van der Waals surface area contributed by atoms with Gasteiger partial charge in [0.1, 0.15) is 11.6 Å². The molecule has 0 amide bonds. The molecular formula is C17H17N5. The van der Waals surface area contributed by atoms with Crippen LogP contribution in [0.1, 0.15) is 11.4 Å². The van der Waals surface area contributed by atoms with Crippen LogP contribution in [0.15, 0.2) is 61.1 Å². The molecule has 0 aliphatic heterocycles. The monoisotopic (exact) mass is 291 g/mol. The van der Waals surface area contributed by atoms with Gasteiger partial charge in [-0.25, -0.2) is 15.0 Å². The van der Waals surface area contributed by atoms with E-state index in [1.165, 1.54) is 0 Å². The van der Waals surface area contributed by atoms with Gasteiger partial charge in [-0.15, -0.1) is 0 Å². The van der Waals surface area contributed by atoms with E-state index in [0.717, 1.165) is 28.6 Å². The van der Waals surface area contributed by atoms with E-state index in [0.29, 0.717) is 6.54 Å². The molecule has 3 rings (SSSR count). The molecule has 0 aliphatic carbocycles. The Bertz CT molecular complexity index is 708. The third-order valence-corrected chi connectivity index (χ3v) is 3.14. The number of rotatable bonds is 5. The summed E-state index contributed by atoms with van der Waals surface area (Å²) in [7, 11) is 0. The van der Waals surface area contributed by atoms with E-state index in [1.807, 2.05) is 61.8 Å². The number of hydrogen-bond donors (Lipinski definition) is 2. The Balaban J connectivity index is 1.58. The molecule has 3 aromatic rings. The lowest BCUT2D eigenvalue weighted by molar-refractivity contribution is 0.993. The van der Waals surface area contributed by atoms with E-state index in [9.17, 15) is 0 Å². The van der Waals surface area contributed by atoms with Crippen LogP contribution in [0.4, 0.5) is 17.2 Å². The van der Waals surface area contributed by atoms with Gasteiger partial charge in [-0.2, -0.15) is 0 Å². The summed E-state index contributed by atoms with van der Waals surface area (Å²) < 4.78 is 0. The Kier molecular flexibility index (Phi) is 4.25. The second-order valence-corrected chi connectivity index (χ2v) is 4.92. The van der Waals surface area contributed by atoms with E-state index in [-0.39, 0.29) is 0 Å². The SMILES string of the molecule is Cc1ncc(CNc2ccc(Nc3ccccc3)nc2)cn1. The first-order valence-corrected chi connectivity index (χ1v) is 7.09. The van der Waals surface area contributed by atoms with Crippen molar-refractivity contribution in [3.8, 4) is 0 Å². The zero-order valence-corrected chi connectivity index (χ0v) is 12.3. The molecule has 0 saturated carbocycles. The van der Waals surface area contributed by atoms with Gasteiger partial charge in [0.25, 0.3) is 0 Å². The number of benzene rings is 1. The summed E-state index contributed by atoms with van der Waals surface area (Å²) in [5.74, 6) is 1.59. The summed E-state index contributed by atoms with van der Waals surface area (Å²) >= 11 is 0. The number of aromatic nitrogens is 3. The number of hydrogen-bond acceptors (Lipinski definition) is 5. The molecule has 5 heteroatoms. The van der Waals surface area contributed by atoms with Crippen molar-refractivity contribution in [3.63, 3.8) is 0 Å². The molecule has 0 bridgehead atoms. The van der Waals surface area contributed by atoms with Gasteiger partial charge < -0.3 is 10.6 Å². The standard InChI is InChI=1S/C17H17N5/c1-13-18-9-14(10-19-13)11-20-16-7-8-17(21-12-16)22-15-5-3-2-4-6-15/h2-10,12,20H,11H2,1H3,(H,21,22). The highest BCUT2D eigenvalue weighted by atomic mass is 15.0. The molecule has 5 nitrogen and oxygen atoms in total. The summed E-state index contributed by atoms with van der Waals surface area (Å²) in [5, 5.41) is 6.55. The van der Waals surface area contributed by atoms with Crippen LogP contribution in [0.25, 0.3) is 0 Å². The van der Waals surface area contributed by atoms with Crippen LogP contribution in [0.3, 0.4) is 0 Å². The number of aryl methyl sites for hydroxylation is 1. The Labute approximate surface area is 129 Å². The Morgan fingerprint density at radius 3 is 2.27 bits per heavy atom. The molecule has 0 radical (unpaired) electrons. The molecule has 22 heavy (non-hydrogen) atoms. The van der Waals surface area contributed by atoms with Crippen molar-refractivity contribution < 1.29 is 0 Å². The van der Waals surface area contributed by atoms with Crippen LogP contribution < -0.4 is 10.6 Å². The number of nitrogens with zero attached hydrogens (tertiary/aromatic N) is 3. The molecule has 0 fully saturated rings. The molecule has 0 unspecified atom stereocenters. The summed E-state index contributed by atoms with van der Waals surface area (Å²) in [4.78, 5) is 12.7. The minimum Gasteiger partial charge on any atom is -0.380 e. The fourth-order valence-electron chi connectivity index (χ4n) is 1.96. The smallest absolute Gasteiger partial charge is 0.130 e. The van der Waals surface area contributed by atoms with Crippen molar-refractivity contribution in [1.29, 1.82) is 0 Å². The van der Waals surface area contributed by atoms with E-state index < -0.39 is 0 Å². The lowest BCUT2D eigenvalue weighted by Gasteiger charge is -2.08. The summed E-state index contributed by atoms with van der Waals surface area (Å²) in [5.41, 5.74) is 3.02. The molecule has 0 aliphatic rings. The summed E-state index contributed by atoms with van der Waals surface area (Å²) in [6.45, 7) is 2.55. The van der Waals surface area contributed by atoms with Crippen molar-refractivity contribution in [2.75, 3.05) is 10.6 Å². The van der Waals surface area contributed by atoms with Crippen LogP contribution in [-0.4, -0.2) is 15.0 Å². The quantitative estimate of drug-likeness (QED) is 0.753. The number of nitrogens with one attached hydrogen (secondary N) is 2. The minimum atomic E-state index is 0.674. The number of pyridine rings is 1. The topological polar surface area (TPSA) is 62.7 Å². The first-order valence-electron chi connectivity index (χ1n) is 7.09. The second kappa shape index (κ2) is 6.67. The van der Waals surface area contributed by atoms with Gasteiger partial charge >= 0.3 is 0 Å². The molecule has 0 saturated heterocycles. The fraction of sp³-hybridized carbons (Fsp3) is 0.118. The van der Waals surface area contributed by atoms with Crippen LogP contribution in [0.2, 0.25) is 0 Å². The van der Waals surface area contributed by atoms with E-state index in [4.69, 9.17) is 0 Å². The van der Waals surface area contributed by atoms with Crippen LogP contribution in [-0.2, 0) is 6.54 Å². The highest BCUT2D eigenvalue weighted by Gasteiger charge is 1.98. The number of para-hydroxylation sites is 1. The molecule has 2 aromatic heterocycles. The first kappa shape index (κ1) is 14.0. The highest BCUT2D eigenvalue weighted by Crippen LogP contribution is 2.16. The van der Waals surface area contributed by atoms with E-state index >= 15 is 0 Å². The van der Waals surface area contributed by atoms with E-state index in [2.05, 4.69) is 25.6 Å². The molecule has 2 heterocycles. The maximum absolute atomic E-state index is 4.40. The third kappa shape index (κ3) is 3.79. The van der Waals surface area contributed by atoms with Gasteiger partial charge in [-0.3, -0.25) is 0 Å². The molecule has 0 atom stereocenters. The molecular weight excluding hydrogens is 274 g/mol. The maximum atomic E-state index is 4.40. The highest BCUT2D eigenvalue weighted by molar-refractivity contribution is 5.57. The first-order chi connectivity index (χ1) is 10.8. The van der Waals surface area contributed by atoms with Gasteiger partial charge in [0, 0.05) is 30.2 Å². The van der Waals surface area contributed by atoms with Crippen molar-refractivity contribution in [2.24, 2.45) is 0 Å². The summed E-state index contributed by atoms with van der Waals surface area (Å²) in [6.07, 6.45) is 5.46. The van der Waals surface area contributed by atoms with Gasteiger partial charge in [-0.1, -0.05) is 18.2 Å². The zero-order chi connectivity index (χ0) is 15.2. The molecule has 0 spiro atoms. The van der Waals surface area contributed by atoms with Gasteiger partial charge in [0.15, 0.2) is 0 Å². The largest absolute Gasteiger partial charge is 0.380 e. The zero-order valence-electron chi connectivity index (χ0n) is 12.3. The van der Waals surface area contributed by atoms with E-state index in [1.54, 1.807) is 6.20 Å². The van der Waals surface area contributed by atoms with Crippen LogP contribution in [0.5, 0.6) is 0 Å². The van der Waals surface area contributed by atoms with Crippen molar-refractivity contribution in [3.05, 3.63) is 72.4 Å². The third-order valence-electron chi connectivity index (χ3n) is 3.14. The van der Waals surface area contributed by atoms with Gasteiger partial charge in [0.2, 0.25) is 0 Å². The minimum absolute atomic E-state index is 0.674. The van der Waals surface area contributed by atoms with Crippen molar-refractivity contribution >= 4 is 17.2 Å². The lowest BCUT2D eigenvalue weighted by atomic mass is 10.3. The van der Waals surface area contributed by atoms with Gasteiger partial charge in [0.05, 0.1) is 11.9 Å². The fourth-order valence-corrected chi connectivity index (χ4v) is 1.96. The second-order valence-electron chi connectivity index (χ2n) is 4.92. The Morgan fingerprint density at radius 2 is 1.59 bits per heavy atom. The normalized spacial score (nSPS) is 10.2. The predicted molar refractivity (Wildman–Crippen MR) is 88.1 cm³/mol. The van der Waals surface area contributed by atoms with Crippen LogP contribution >= 0.6 is 0 Å². The van der Waals surface area contributed by atoms with Crippen molar-refractivity contribution in [2.45, 2.75) is 13.5 Å². The molecule has 2 N–H and O–H groups in total. The van der Waals surface area contributed by atoms with Gasteiger partial charge in [-0.05, 0) is 31.2 Å². The van der Waals surface area contributed by atoms with Crippen molar-refractivity contribution in [1.82, 2.24) is 15.0 Å². The number of anilines is 3. The summed E-state index contributed by atoms with van der Waals surface area (Å²) in [6, 6.07) is 13.9. The lowest BCUT2D eigenvalue weighted by Crippen LogP contribution is -2.02. The predicted octanol–water partition coefficient (Wildman–Crippen LogP) is 3.54. The Morgan fingerprint density at radius 1 is 0.818 bits per heavy atom.